The Bertz CT molecular complexity index is 1090. The monoisotopic (exact) mass is 419 g/mol. The van der Waals surface area contributed by atoms with Gasteiger partial charge in [-0.15, -0.1) is 0 Å². The largest absolute Gasteiger partial charge is 0.496 e. The average molecular weight is 420 g/mol. The lowest BCUT2D eigenvalue weighted by molar-refractivity contribution is -0.117. The second-order valence-electron chi connectivity index (χ2n) is 8.69. The number of pyridine rings is 1. The number of aromatic amines is 1. The molecular weight excluding hydrogens is 390 g/mol. The van der Waals surface area contributed by atoms with Crippen LogP contribution in [-0.2, 0) is 4.79 Å². The molecule has 1 saturated heterocycles. The number of amides is 1. The molecule has 162 valence electrons. The first-order chi connectivity index (χ1) is 15.1. The molecule has 1 amide bonds. The number of nitrogens with zero attached hydrogens (tertiary/aromatic N) is 3. The van der Waals surface area contributed by atoms with E-state index in [1.165, 1.54) is 0 Å². The number of carbonyl (C=O) groups excluding carboxylic acids is 1. The van der Waals surface area contributed by atoms with Crippen molar-refractivity contribution in [1.29, 1.82) is 0 Å². The lowest BCUT2D eigenvalue weighted by Gasteiger charge is -2.32. The van der Waals surface area contributed by atoms with Crippen LogP contribution in [0.2, 0.25) is 0 Å². The highest BCUT2D eigenvalue weighted by Gasteiger charge is 2.43. The minimum Gasteiger partial charge on any atom is -0.496 e. The number of ether oxygens (including phenoxy) is 1. The maximum Gasteiger partial charge on any atom is 0.228 e. The van der Waals surface area contributed by atoms with Crippen LogP contribution < -0.4 is 10.1 Å². The van der Waals surface area contributed by atoms with Gasteiger partial charge in [0.1, 0.15) is 17.2 Å². The van der Waals surface area contributed by atoms with E-state index < -0.39 is 0 Å². The number of H-pyrrole nitrogens is 1. The van der Waals surface area contributed by atoms with Crippen LogP contribution in [-0.4, -0.2) is 72.6 Å². The average Bonchev–Trinajstić information content (AvgIpc) is 3.44. The van der Waals surface area contributed by atoms with E-state index in [0.29, 0.717) is 11.7 Å². The Kier molecular flexibility index (Phi) is 5.38. The second kappa shape index (κ2) is 8.32. The number of methoxy groups -OCH3 is 1. The predicted octanol–water partition coefficient (Wildman–Crippen LogP) is 3.06. The zero-order valence-electron chi connectivity index (χ0n) is 18.1. The Morgan fingerprint density at radius 2 is 1.97 bits per heavy atom. The third-order valence-electron chi connectivity index (χ3n) is 6.54. The number of benzene rings is 1. The first-order valence-corrected chi connectivity index (χ1v) is 11.0. The molecule has 7 heteroatoms. The van der Waals surface area contributed by atoms with Gasteiger partial charge < -0.3 is 24.8 Å². The van der Waals surface area contributed by atoms with Crippen molar-refractivity contribution in [1.82, 2.24) is 19.8 Å². The molecule has 31 heavy (non-hydrogen) atoms. The molecule has 1 saturated carbocycles. The van der Waals surface area contributed by atoms with Gasteiger partial charge in [0, 0.05) is 61.4 Å². The molecule has 1 aromatic carbocycles. The summed E-state index contributed by atoms with van der Waals surface area (Å²) < 4.78 is 5.50. The van der Waals surface area contributed by atoms with Crippen molar-refractivity contribution in [2.24, 2.45) is 11.8 Å². The van der Waals surface area contributed by atoms with Crippen molar-refractivity contribution >= 4 is 22.8 Å². The molecule has 3 aromatic rings. The van der Waals surface area contributed by atoms with E-state index in [1.54, 1.807) is 7.11 Å². The quantitative estimate of drug-likeness (QED) is 0.642. The normalized spacial score (nSPS) is 21.9. The standard InChI is InChI=1S/C24H29N5O2/c1-28-9-11-29(12-10-28)15-16-13-19(16)24(30)27-22-8-7-18-20(14-25-23(18)26-22)17-5-3-4-6-21(17)31-2/h3-8,14,16,19H,9-13,15H2,1-2H3,(H2,25,26,27,30). The Hall–Kier alpha value is -2.90. The van der Waals surface area contributed by atoms with Gasteiger partial charge in [0.05, 0.1) is 7.11 Å². The van der Waals surface area contributed by atoms with E-state index in [2.05, 4.69) is 32.1 Å². The summed E-state index contributed by atoms with van der Waals surface area (Å²) in [5.74, 6) is 2.07. The molecule has 0 spiro atoms. The highest BCUT2D eigenvalue weighted by molar-refractivity contribution is 5.98. The maximum atomic E-state index is 12.7. The summed E-state index contributed by atoms with van der Waals surface area (Å²) in [6, 6.07) is 11.8. The molecule has 7 nitrogen and oxygen atoms in total. The fourth-order valence-corrected chi connectivity index (χ4v) is 4.52. The number of aromatic nitrogens is 2. The topological polar surface area (TPSA) is 73.5 Å². The van der Waals surface area contributed by atoms with Crippen molar-refractivity contribution < 1.29 is 9.53 Å². The van der Waals surface area contributed by atoms with Gasteiger partial charge in [-0.3, -0.25) is 4.79 Å². The number of hydrogen-bond acceptors (Lipinski definition) is 5. The molecule has 2 atom stereocenters. The molecule has 5 rings (SSSR count). The van der Waals surface area contributed by atoms with E-state index in [0.717, 1.165) is 67.1 Å². The van der Waals surface area contributed by atoms with Gasteiger partial charge in [-0.1, -0.05) is 18.2 Å². The summed E-state index contributed by atoms with van der Waals surface area (Å²) in [5, 5.41) is 4.02. The second-order valence-corrected chi connectivity index (χ2v) is 8.69. The molecule has 2 N–H and O–H groups in total. The predicted molar refractivity (Wildman–Crippen MR) is 122 cm³/mol. The van der Waals surface area contributed by atoms with Crippen LogP contribution in [0.15, 0.2) is 42.6 Å². The maximum absolute atomic E-state index is 12.7. The Morgan fingerprint density at radius 3 is 2.77 bits per heavy atom. The summed E-state index contributed by atoms with van der Waals surface area (Å²) in [6.45, 7) is 5.44. The molecule has 2 fully saturated rings. The van der Waals surface area contributed by atoms with E-state index in [1.807, 2.05) is 42.6 Å². The third-order valence-corrected chi connectivity index (χ3v) is 6.54. The zero-order valence-corrected chi connectivity index (χ0v) is 18.1. The molecule has 3 heterocycles. The van der Waals surface area contributed by atoms with Crippen molar-refractivity contribution in [2.45, 2.75) is 6.42 Å². The number of hydrogen-bond donors (Lipinski definition) is 2. The fourth-order valence-electron chi connectivity index (χ4n) is 4.52. The summed E-state index contributed by atoms with van der Waals surface area (Å²) in [5.41, 5.74) is 2.80. The molecule has 2 unspecified atom stereocenters. The van der Waals surface area contributed by atoms with E-state index in [4.69, 9.17) is 4.74 Å². The minimum absolute atomic E-state index is 0.0856. The van der Waals surface area contributed by atoms with Crippen LogP contribution in [0.3, 0.4) is 0 Å². The van der Waals surface area contributed by atoms with Crippen LogP contribution >= 0.6 is 0 Å². The lowest BCUT2D eigenvalue weighted by Crippen LogP contribution is -2.45. The van der Waals surface area contributed by atoms with E-state index >= 15 is 0 Å². The van der Waals surface area contributed by atoms with Crippen LogP contribution in [0, 0.1) is 11.8 Å². The number of rotatable bonds is 6. The Labute approximate surface area is 182 Å². The van der Waals surface area contributed by atoms with Gasteiger partial charge in [0.2, 0.25) is 5.91 Å². The number of piperazine rings is 1. The van der Waals surface area contributed by atoms with E-state index in [9.17, 15) is 4.79 Å². The lowest BCUT2D eigenvalue weighted by atomic mass is 10.0. The Morgan fingerprint density at radius 1 is 1.16 bits per heavy atom. The van der Waals surface area contributed by atoms with Gasteiger partial charge in [-0.2, -0.15) is 0 Å². The van der Waals surface area contributed by atoms with Crippen LogP contribution in [0.5, 0.6) is 5.75 Å². The van der Waals surface area contributed by atoms with Crippen molar-refractivity contribution in [3.8, 4) is 16.9 Å². The number of fused-ring (bicyclic) bond motifs is 1. The first kappa shape index (κ1) is 20.0. The first-order valence-electron chi connectivity index (χ1n) is 11.0. The van der Waals surface area contributed by atoms with Crippen LogP contribution in [0.25, 0.3) is 22.2 Å². The summed E-state index contributed by atoms with van der Waals surface area (Å²) in [7, 11) is 3.84. The fraction of sp³-hybridized carbons (Fsp3) is 0.417. The smallest absolute Gasteiger partial charge is 0.228 e. The molecule has 0 bridgehead atoms. The number of likely N-dealkylation sites (N-methyl/N-ethyl adjacent to an activating group) is 1. The molecule has 2 aromatic heterocycles. The number of carbonyl (C=O) groups is 1. The minimum atomic E-state index is 0.0856. The Balaban J connectivity index is 1.24. The summed E-state index contributed by atoms with van der Waals surface area (Å²) in [6.07, 6.45) is 2.91. The number of para-hydroxylation sites is 1. The van der Waals surface area contributed by atoms with E-state index in [-0.39, 0.29) is 11.8 Å². The number of nitrogens with one attached hydrogen (secondary N) is 2. The highest BCUT2D eigenvalue weighted by Crippen LogP contribution is 2.40. The van der Waals surface area contributed by atoms with Crippen molar-refractivity contribution in [3.63, 3.8) is 0 Å². The van der Waals surface area contributed by atoms with Crippen molar-refractivity contribution in [2.75, 3.05) is 52.2 Å². The van der Waals surface area contributed by atoms with Crippen LogP contribution in [0.1, 0.15) is 6.42 Å². The van der Waals surface area contributed by atoms with Gasteiger partial charge in [-0.25, -0.2) is 4.98 Å². The van der Waals surface area contributed by atoms with Gasteiger partial charge >= 0.3 is 0 Å². The summed E-state index contributed by atoms with van der Waals surface area (Å²) >= 11 is 0. The van der Waals surface area contributed by atoms with Crippen LogP contribution in [0.4, 0.5) is 5.82 Å². The molecule has 2 aliphatic rings. The van der Waals surface area contributed by atoms with Gasteiger partial charge in [0.15, 0.2) is 0 Å². The highest BCUT2D eigenvalue weighted by atomic mass is 16.5. The molecule has 1 aliphatic heterocycles. The summed E-state index contributed by atoms with van der Waals surface area (Å²) in [4.78, 5) is 25.4. The molecule has 1 aliphatic carbocycles. The van der Waals surface area contributed by atoms with Gasteiger partial charge in [0.25, 0.3) is 0 Å². The third kappa shape index (κ3) is 4.16. The van der Waals surface area contributed by atoms with Gasteiger partial charge in [-0.05, 0) is 37.6 Å². The zero-order chi connectivity index (χ0) is 21.4. The SMILES string of the molecule is COc1ccccc1-c1c[nH]c2nc(NC(=O)C3CC3CN3CCN(C)CC3)ccc12. The van der Waals surface area contributed by atoms with Crippen molar-refractivity contribution in [3.05, 3.63) is 42.6 Å². The number of anilines is 1. The molecule has 0 radical (unpaired) electrons. The molecular formula is C24H29N5O2.